The molecule has 7 heteroatoms. The van der Waals surface area contributed by atoms with Crippen LogP contribution in [0.5, 0.6) is 0 Å². The van der Waals surface area contributed by atoms with Crippen molar-refractivity contribution in [3.05, 3.63) is 89.1 Å². The molecule has 1 aliphatic rings. The molecule has 154 valence electrons. The van der Waals surface area contributed by atoms with Crippen molar-refractivity contribution in [2.45, 2.75) is 25.2 Å². The van der Waals surface area contributed by atoms with Crippen molar-refractivity contribution in [3.63, 3.8) is 0 Å². The number of fused-ring (bicyclic) bond motifs is 1. The Morgan fingerprint density at radius 2 is 1.77 bits per heavy atom. The second-order valence-corrected chi connectivity index (χ2v) is 7.72. The van der Waals surface area contributed by atoms with E-state index in [9.17, 15) is 9.18 Å². The minimum absolute atomic E-state index is 0.0160. The van der Waals surface area contributed by atoms with Crippen LogP contribution in [0.2, 0.25) is 0 Å². The molecule has 5 rings (SSSR count). The molecule has 31 heavy (non-hydrogen) atoms. The molecule has 0 radical (unpaired) electrons. The van der Waals surface area contributed by atoms with Gasteiger partial charge in [0.2, 0.25) is 0 Å². The van der Waals surface area contributed by atoms with Crippen LogP contribution in [-0.4, -0.2) is 20.9 Å². The Bertz CT molecular complexity index is 1320. The Morgan fingerprint density at radius 3 is 2.48 bits per heavy atom. The Hall–Kier alpha value is -3.74. The van der Waals surface area contributed by atoms with Crippen molar-refractivity contribution in [1.29, 1.82) is 0 Å². The van der Waals surface area contributed by atoms with Crippen LogP contribution >= 0.6 is 0 Å². The molecule has 2 N–H and O–H groups in total. The second-order valence-electron chi connectivity index (χ2n) is 7.72. The zero-order valence-corrected chi connectivity index (χ0v) is 16.5. The molecule has 2 aromatic heterocycles. The minimum Gasteiger partial charge on any atom is -0.364 e. The third-order valence-corrected chi connectivity index (χ3v) is 5.49. The number of amides is 1. The normalized spacial score (nSPS) is 13.5. The second kappa shape index (κ2) is 7.50. The highest BCUT2D eigenvalue weighted by Gasteiger charge is 2.26. The summed E-state index contributed by atoms with van der Waals surface area (Å²) in [6.07, 6.45) is 5.43. The largest absolute Gasteiger partial charge is 0.364 e. The van der Waals surface area contributed by atoms with Gasteiger partial charge in [0.1, 0.15) is 23.2 Å². The quantitative estimate of drug-likeness (QED) is 0.518. The highest BCUT2D eigenvalue weighted by Crippen LogP contribution is 2.38. The van der Waals surface area contributed by atoms with Crippen LogP contribution in [0.15, 0.2) is 54.9 Å². The van der Waals surface area contributed by atoms with Gasteiger partial charge in [0.05, 0.1) is 5.52 Å². The number of nitrogens with zero attached hydrogens (tertiary/aromatic N) is 3. The predicted molar refractivity (Wildman–Crippen MR) is 112 cm³/mol. The van der Waals surface area contributed by atoms with Gasteiger partial charge < -0.3 is 5.73 Å². The molecule has 0 saturated heterocycles. The molecule has 0 bridgehead atoms. The number of hydrogen-bond donors (Lipinski definition) is 1. The summed E-state index contributed by atoms with van der Waals surface area (Å²) in [5.74, 6) is -0.882. The first-order valence-corrected chi connectivity index (χ1v) is 9.99. The summed E-state index contributed by atoms with van der Waals surface area (Å²) in [5, 5.41) is 0.640. The van der Waals surface area contributed by atoms with Gasteiger partial charge in [-0.05, 0) is 48.2 Å². The van der Waals surface area contributed by atoms with Crippen molar-refractivity contribution < 1.29 is 13.6 Å². The van der Waals surface area contributed by atoms with Crippen LogP contribution in [0.4, 0.5) is 8.78 Å². The molecule has 4 aromatic rings. The van der Waals surface area contributed by atoms with Gasteiger partial charge in [-0.25, -0.2) is 23.7 Å². The number of carbonyl (C=O) groups excluding carboxylic acids is 1. The van der Waals surface area contributed by atoms with E-state index in [0.717, 1.165) is 18.7 Å². The van der Waals surface area contributed by atoms with Crippen LogP contribution in [0.3, 0.4) is 0 Å². The van der Waals surface area contributed by atoms with Crippen LogP contribution in [0.1, 0.15) is 46.2 Å². The van der Waals surface area contributed by atoms with Gasteiger partial charge in [-0.3, -0.25) is 4.79 Å². The molecule has 0 aliphatic heterocycles. The Morgan fingerprint density at radius 1 is 1.03 bits per heavy atom. The maximum Gasteiger partial charge on any atom is 0.267 e. The van der Waals surface area contributed by atoms with Crippen LogP contribution < -0.4 is 5.73 Å². The first-order chi connectivity index (χ1) is 15.0. The lowest BCUT2D eigenvalue weighted by atomic mass is 9.95. The Labute approximate surface area is 177 Å². The summed E-state index contributed by atoms with van der Waals surface area (Å²) in [4.78, 5) is 24.7. The molecular formula is C24H18F2N4O. The van der Waals surface area contributed by atoms with Crippen LogP contribution in [0, 0.1) is 11.6 Å². The molecule has 1 amide bonds. The number of rotatable bonds is 5. The third-order valence-electron chi connectivity index (χ3n) is 5.49. The van der Waals surface area contributed by atoms with Gasteiger partial charge in [-0.15, -0.1) is 0 Å². The number of nitrogens with two attached hydrogens (primary N) is 1. The zero-order chi connectivity index (χ0) is 21.5. The number of para-hydroxylation sites is 1. The van der Waals surface area contributed by atoms with Crippen molar-refractivity contribution in [2.75, 3.05) is 0 Å². The first-order valence-electron chi connectivity index (χ1n) is 9.99. The maximum absolute atomic E-state index is 15.6. The summed E-state index contributed by atoms with van der Waals surface area (Å²) in [6, 6.07) is 11.1. The zero-order valence-electron chi connectivity index (χ0n) is 16.5. The standard InChI is InChI=1S/C24H18F2N4O/c25-19-8-7-16(17-10-21(23(27)31)30-20-4-2-1-3-15(17)20)22(26)18(19)9-13-11-28-24(29-12-13)14-5-6-14/h1-4,7-8,10-12,14H,5-6,9H2,(H2,27,31). The molecule has 0 spiro atoms. The smallest absolute Gasteiger partial charge is 0.267 e. The van der Waals surface area contributed by atoms with Gasteiger partial charge in [0.15, 0.2) is 0 Å². The van der Waals surface area contributed by atoms with Gasteiger partial charge >= 0.3 is 0 Å². The molecule has 1 fully saturated rings. The fourth-order valence-electron chi connectivity index (χ4n) is 3.70. The average Bonchev–Trinajstić information content (AvgIpc) is 3.62. The maximum atomic E-state index is 15.6. The van der Waals surface area contributed by atoms with E-state index in [1.165, 1.54) is 18.2 Å². The van der Waals surface area contributed by atoms with E-state index in [-0.39, 0.29) is 23.2 Å². The van der Waals surface area contributed by atoms with E-state index in [1.807, 2.05) is 0 Å². The number of halogens is 2. The van der Waals surface area contributed by atoms with Crippen molar-refractivity contribution >= 4 is 16.8 Å². The molecule has 1 saturated carbocycles. The summed E-state index contributed by atoms with van der Waals surface area (Å²) < 4.78 is 30.2. The fourth-order valence-corrected chi connectivity index (χ4v) is 3.70. The molecule has 0 unspecified atom stereocenters. The van der Waals surface area contributed by atoms with Crippen molar-refractivity contribution in [2.24, 2.45) is 5.73 Å². The lowest BCUT2D eigenvalue weighted by Gasteiger charge is -2.13. The molecule has 5 nitrogen and oxygen atoms in total. The summed E-state index contributed by atoms with van der Waals surface area (Å²) in [6.45, 7) is 0. The van der Waals surface area contributed by atoms with E-state index in [0.29, 0.717) is 27.9 Å². The number of hydrogen-bond acceptors (Lipinski definition) is 4. The lowest BCUT2D eigenvalue weighted by Crippen LogP contribution is -2.13. The Kier molecular flexibility index (Phi) is 4.66. The minimum atomic E-state index is -0.720. The molecule has 0 atom stereocenters. The Balaban J connectivity index is 1.60. The third kappa shape index (κ3) is 3.63. The van der Waals surface area contributed by atoms with E-state index >= 15 is 4.39 Å². The van der Waals surface area contributed by atoms with E-state index in [2.05, 4.69) is 15.0 Å². The monoisotopic (exact) mass is 416 g/mol. The van der Waals surface area contributed by atoms with Crippen molar-refractivity contribution in [1.82, 2.24) is 15.0 Å². The van der Waals surface area contributed by atoms with Crippen LogP contribution in [0.25, 0.3) is 22.0 Å². The SMILES string of the molecule is NC(=O)c1cc(-c2ccc(F)c(Cc3cnc(C4CC4)nc3)c2F)c2ccccc2n1. The number of aromatic nitrogens is 3. The number of pyridine rings is 1. The number of primary amides is 1. The van der Waals surface area contributed by atoms with Gasteiger partial charge in [0.25, 0.3) is 5.91 Å². The number of carbonyl (C=O) groups is 1. The topological polar surface area (TPSA) is 81.8 Å². The molecular weight excluding hydrogens is 398 g/mol. The van der Waals surface area contributed by atoms with E-state index < -0.39 is 17.5 Å². The van der Waals surface area contributed by atoms with Crippen molar-refractivity contribution in [3.8, 4) is 11.1 Å². The molecule has 1 aliphatic carbocycles. The molecule has 2 aromatic carbocycles. The average molecular weight is 416 g/mol. The number of benzene rings is 2. The summed E-state index contributed by atoms with van der Waals surface area (Å²) in [7, 11) is 0. The summed E-state index contributed by atoms with van der Waals surface area (Å²) in [5.41, 5.74) is 7.08. The summed E-state index contributed by atoms with van der Waals surface area (Å²) >= 11 is 0. The van der Waals surface area contributed by atoms with E-state index in [1.54, 1.807) is 36.7 Å². The van der Waals surface area contributed by atoms with E-state index in [4.69, 9.17) is 5.73 Å². The highest BCUT2D eigenvalue weighted by atomic mass is 19.1. The van der Waals surface area contributed by atoms with Crippen LogP contribution in [-0.2, 0) is 6.42 Å². The van der Waals surface area contributed by atoms with Gasteiger partial charge in [-0.1, -0.05) is 18.2 Å². The highest BCUT2D eigenvalue weighted by molar-refractivity contribution is 6.00. The molecule has 2 heterocycles. The lowest BCUT2D eigenvalue weighted by molar-refractivity contribution is 0.0996. The first kappa shape index (κ1) is 19.2. The van der Waals surface area contributed by atoms with Gasteiger partial charge in [0, 0.05) is 41.2 Å². The fraction of sp³-hybridized carbons (Fsp3) is 0.167. The van der Waals surface area contributed by atoms with Gasteiger partial charge in [-0.2, -0.15) is 0 Å². The predicted octanol–water partition coefficient (Wildman–Crippen LogP) is 4.54.